The van der Waals surface area contributed by atoms with Crippen LogP contribution in [0, 0.1) is 34.3 Å². The molecule has 0 aromatic heterocycles. The molecule has 0 amide bonds. The fourth-order valence-corrected chi connectivity index (χ4v) is 4.77. The van der Waals surface area contributed by atoms with Crippen LogP contribution in [0.1, 0.15) is 36.3 Å². The molecular weight excluding hydrogens is 396 g/mol. The number of nitrogens with one attached hydrogen (secondary N) is 1. The summed E-state index contributed by atoms with van der Waals surface area (Å²) >= 11 is 0. The Morgan fingerprint density at radius 1 is 0.968 bits per heavy atom. The topological polar surface area (TPSA) is 60.1 Å². The summed E-state index contributed by atoms with van der Waals surface area (Å²) in [5.74, 6) is -2.68. The van der Waals surface area contributed by atoms with Crippen LogP contribution >= 0.6 is 0 Å². The Morgan fingerprint density at radius 2 is 1.61 bits per heavy atom. The van der Waals surface area contributed by atoms with Gasteiger partial charge in [0.05, 0.1) is 6.07 Å². The van der Waals surface area contributed by atoms with Crippen molar-refractivity contribution < 1.29 is 13.5 Å². The summed E-state index contributed by atoms with van der Waals surface area (Å²) in [6, 6.07) is 16.1. The molecule has 2 heterocycles. The number of nitrogens with zero attached hydrogens (tertiary/aromatic N) is 2. The molecule has 156 valence electrons. The number of ether oxygens (including phenoxy) is 1. The van der Waals surface area contributed by atoms with Gasteiger partial charge in [0.1, 0.15) is 29.0 Å². The molecule has 2 atom stereocenters. The fourth-order valence-electron chi connectivity index (χ4n) is 4.77. The van der Waals surface area contributed by atoms with Gasteiger partial charge in [-0.2, -0.15) is 5.26 Å². The first-order valence-corrected chi connectivity index (χ1v) is 10.5. The van der Waals surface area contributed by atoms with Gasteiger partial charge in [0.15, 0.2) is 0 Å². The molecule has 1 fully saturated rings. The number of halogens is 2. The average Bonchev–Trinajstić information content (AvgIpc) is 2.77. The van der Waals surface area contributed by atoms with E-state index in [1.54, 1.807) is 4.90 Å². The highest BCUT2D eigenvalue weighted by Crippen LogP contribution is 2.45. The van der Waals surface area contributed by atoms with Gasteiger partial charge >= 0.3 is 0 Å². The first-order chi connectivity index (χ1) is 15.1. The van der Waals surface area contributed by atoms with Crippen LogP contribution in [0.25, 0.3) is 10.8 Å². The molecule has 0 radical (unpaired) electrons. The lowest BCUT2D eigenvalue weighted by atomic mass is 9.78. The number of fused-ring (bicyclic) bond motifs is 2. The van der Waals surface area contributed by atoms with E-state index in [1.807, 2.05) is 36.4 Å². The van der Waals surface area contributed by atoms with Crippen molar-refractivity contribution in [1.29, 1.82) is 10.7 Å². The molecule has 2 aliphatic rings. The number of benzene rings is 3. The van der Waals surface area contributed by atoms with Crippen LogP contribution in [0.4, 0.5) is 14.5 Å². The maximum absolute atomic E-state index is 15.2. The fraction of sp³-hybridized carbons (Fsp3) is 0.280. The van der Waals surface area contributed by atoms with E-state index >= 15 is 8.78 Å². The smallest absolute Gasteiger partial charge is 0.205 e. The quantitative estimate of drug-likeness (QED) is 0.578. The molecule has 0 spiro atoms. The van der Waals surface area contributed by atoms with E-state index in [4.69, 9.17) is 10.1 Å². The van der Waals surface area contributed by atoms with Crippen LogP contribution in [0.5, 0.6) is 5.75 Å². The van der Waals surface area contributed by atoms with Crippen molar-refractivity contribution in [2.24, 2.45) is 5.92 Å². The third-order valence-corrected chi connectivity index (χ3v) is 6.26. The summed E-state index contributed by atoms with van der Waals surface area (Å²) in [5, 5.41) is 19.9. The summed E-state index contributed by atoms with van der Waals surface area (Å²) in [6.45, 7) is 1.26. The lowest BCUT2D eigenvalue weighted by Gasteiger charge is -2.32. The van der Waals surface area contributed by atoms with Crippen LogP contribution in [0.15, 0.2) is 48.5 Å². The van der Waals surface area contributed by atoms with Gasteiger partial charge in [-0.05, 0) is 59.9 Å². The minimum atomic E-state index is -0.965. The molecule has 6 heteroatoms. The van der Waals surface area contributed by atoms with Gasteiger partial charge in [-0.3, -0.25) is 5.41 Å². The number of hydrogen-bond acceptors (Lipinski definition) is 4. The summed E-state index contributed by atoms with van der Waals surface area (Å²) in [7, 11) is 0. The first kappa shape index (κ1) is 19.5. The summed E-state index contributed by atoms with van der Waals surface area (Å²) in [5.41, 5.74) is 0.996. The normalized spacial score (nSPS) is 20.8. The third kappa shape index (κ3) is 3.31. The van der Waals surface area contributed by atoms with E-state index in [9.17, 15) is 5.26 Å². The maximum atomic E-state index is 15.2. The van der Waals surface area contributed by atoms with Crippen molar-refractivity contribution in [3.05, 3.63) is 71.3 Å². The molecule has 1 N–H and O–H groups in total. The van der Waals surface area contributed by atoms with Gasteiger partial charge < -0.3 is 9.64 Å². The Balaban J connectivity index is 1.65. The predicted molar refractivity (Wildman–Crippen MR) is 116 cm³/mol. The minimum Gasteiger partial charge on any atom is -0.442 e. The van der Waals surface area contributed by atoms with E-state index in [-0.39, 0.29) is 11.6 Å². The van der Waals surface area contributed by atoms with Gasteiger partial charge in [0, 0.05) is 24.6 Å². The molecule has 2 aliphatic heterocycles. The zero-order valence-electron chi connectivity index (χ0n) is 16.9. The minimum absolute atomic E-state index is 0.00201. The molecule has 1 saturated heterocycles. The molecule has 0 aliphatic carbocycles. The van der Waals surface area contributed by atoms with Crippen molar-refractivity contribution >= 4 is 22.4 Å². The second-order valence-corrected chi connectivity index (χ2v) is 8.17. The molecule has 5 rings (SSSR count). The second-order valence-electron chi connectivity index (χ2n) is 8.17. The molecule has 4 nitrogen and oxygen atoms in total. The standard InChI is InChI=1S/C25H21F2N3O/c26-20-11-17(12-21(27)24(20)30-8-4-1-5-9-30)23-18-10-15-6-2-3-7-16(15)13-22(18)31-25(29)19(23)14-28/h2-3,6-7,10-13,19,23,29H,1,4-5,8-9H2. The number of anilines is 1. The van der Waals surface area contributed by atoms with Crippen LogP contribution in [-0.4, -0.2) is 19.0 Å². The van der Waals surface area contributed by atoms with Gasteiger partial charge in [-0.25, -0.2) is 8.78 Å². The Labute approximate surface area is 179 Å². The largest absolute Gasteiger partial charge is 0.442 e. The van der Waals surface area contributed by atoms with E-state index in [1.165, 1.54) is 12.1 Å². The van der Waals surface area contributed by atoms with E-state index in [2.05, 4.69) is 6.07 Å². The highest BCUT2D eigenvalue weighted by molar-refractivity contribution is 5.90. The SMILES string of the molecule is N#CC1C(=N)Oc2cc3ccccc3cc2C1c1cc(F)c(N2CCCCC2)c(F)c1. The molecule has 0 bridgehead atoms. The van der Waals surface area contributed by atoms with Crippen molar-refractivity contribution in [3.8, 4) is 11.8 Å². The maximum Gasteiger partial charge on any atom is 0.205 e. The zero-order chi connectivity index (χ0) is 21.5. The van der Waals surface area contributed by atoms with Crippen molar-refractivity contribution in [2.45, 2.75) is 25.2 Å². The van der Waals surface area contributed by atoms with E-state index in [0.29, 0.717) is 30.0 Å². The van der Waals surface area contributed by atoms with Gasteiger partial charge in [-0.1, -0.05) is 24.3 Å². The van der Waals surface area contributed by atoms with Crippen molar-refractivity contribution in [2.75, 3.05) is 18.0 Å². The highest BCUT2D eigenvalue weighted by atomic mass is 19.1. The van der Waals surface area contributed by atoms with Crippen LogP contribution in [-0.2, 0) is 0 Å². The molecular formula is C25H21F2N3O. The number of piperidine rings is 1. The Morgan fingerprint density at radius 3 is 2.26 bits per heavy atom. The number of rotatable bonds is 2. The Hall–Kier alpha value is -3.46. The third-order valence-electron chi connectivity index (χ3n) is 6.26. The Kier molecular flexibility index (Phi) is 4.82. The first-order valence-electron chi connectivity index (χ1n) is 10.5. The Bertz CT molecular complexity index is 1200. The lowest BCUT2D eigenvalue weighted by molar-refractivity contribution is 0.449. The number of nitriles is 1. The van der Waals surface area contributed by atoms with Crippen molar-refractivity contribution in [1.82, 2.24) is 0 Å². The monoisotopic (exact) mass is 417 g/mol. The molecule has 3 aromatic rings. The highest BCUT2D eigenvalue weighted by Gasteiger charge is 2.38. The molecule has 2 unspecified atom stereocenters. The van der Waals surface area contributed by atoms with Gasteiger partial charge in [0.2, 0.25) is 5.90 Å². The van der Waals surface area contributed by atoms with Gasteiger partial charge in [-0.15, -0.1) is 0 Å². The summed E-state index contributed by atoms with van der Waals surface area (Å²) < 4.78 is 36.0. The zero-order valence-corrected chi connectivity index (χ0v) is 16.9. The van der Waals surface area contributed by atoms with Crippen molar-refractivity contribution in [3.63, 3.8) is 0 Å². The summed E-state index contributed by atoms with van der Waals surface area (Å²) in [4.78, 5) is 1.76. The lowest BCUT2D eigenvalue weighted by Crippen LogP contribution is -2.32. The average molecular weight is 417 g/mol. The van der Waals surface area contributed by atoms with Crippen LogP contribution < -0.4 is 9.64 Å². The van der Waals surface area contributed by atoms with E-state index in [0.717, 1.165) is 30.0 Å². The van der Waals surface area contributed by atoms with E-state index < -0.39 is 23.5 Å². The van der Waals surface area contributed by atoms with Gasteiger partial charge in [0.25, 0.3) is 0 Å². The summed E-state index contributed by atoms with van der Waals surface area (Å²) in [6.07, 6.45) is 2.89. The van der Waals surface area contributed by atoms with Crippen LogP contribution in [0.3, 0.4) is 0 Å². The molecule has 31 heavy (non-hydrogen) atoms. The predicted octanol–water partition coefficient (Wildman–Crippen LogP) is 5.75. The van der Waals surface area contributed by atoms with Crippen LogP contribution in [0.2, 0.25) is 0 Å². The molecule has 0 saturated carbocycles. The second kappa shape index (κ2) is 7.66. The number of hydrogen-bond donors (Lipinski definition) is 1. The molecule has 3 aromatic carbocycles.